The van der Waals surface area contributed by atoms with Crippen molar-refractivity contribution >= 4 is 0 Å². The molecule has 0 amide bonds. The number of hydrogen-bond donors (Lipinski definition) is 1. The summed E-state index contributed by atoms with van der Waals surface area (Å²) >= 11 is 0. The Bertz CT molecular complexity index is 93.6. The molecule has 1 aliphatic heterocycles. The van der Waals surface area contributed by atoms with Gasteiger partial charge in [-0.3, -0.25) is 0 Å². The lowest BCUT2D eigenvalue weighted by atomic mass is 10.2. The summed E-state index contributed by atoms with van der Waals surface area (Å²) in [5.41, 5.74) is 0. The normalized spacial score (nSPS) is 29.1. The minimum Gasteiger partial charge on any atom is -0.308 e. The van der Waals surface area contributed by atoms with E-state index in [1.807, 2.05) is 13.8 Å². The largest absolute Gasteiger partial charge is 0.308 e. The number of alkyl halides is 2. The van der Waals surface area contributed by atoms with E-state index in [1.165, 1.54) is 0 Å². The van der Waals surface area contributed by atoms with Gasteiger partial charge in [-0.2, -0.15) is 0 Å². The molecule has 1 heterocycles. The highest BCUT2D eigenvalue weighted by Gasteiger charge is 2.36. The standard InChI is InChI=1S/C5H9F2N.C2H6/c1-4-2-5(6,7)3-8-4;1-2/h4,8H,2-3H2,1H3;1-2H3. The second-order valence-electron chi connectivity index (χ2n) is 2.34. The highest BCUT2D eigenvalue weighted by molar-refractivity contribution is 4.83. The summed E-state index contributed by atoms with van der Waals surface area (Å²) < 4.78 is 24.3. The third-order valence-corrected chi connectivity index (χ3v) is 1.31. The Hall–Kier alpha value is -0.180. The second-order valence-corrected chi connectivity index (χ2v) is 2.34. The van der Waals surface area contributed by atoms with E-state index in [4.69, 9.17) is 0 Å². The zero-order valence-corrected chi connectivity index (χ0v) is 6.75. The van der Waals surface area contributed by atoms with Gasteiger partial charge in [-0.05, 0) is 6.92 Å². The third-order valence-electron chi connectivity index (χ3n) is 1.31. The molecule has 62 valence electrons. The molecule has 1 aliphatic rings. The number of rotatable bonds is 0. The van der Waals surface area contributed by atoms with Crippen molar-refractivity contribution in [3.8, 4) is 0 Å². The van der Waals surface area contributed by atoms with E-state index in [1.54, 1.807) is 6.92 Å². The summed E-state index contributed by atoms with van der Waals surface area (Å²) in [7, 11) is 0. The van der Waals surface area contributed by atoms with Crippen LogP contribution in [0.2, 0.25) is 0 Å². The van der Waals surface area contributed by atoms with Gasteiger partial charge in [0.15, 0.2) is 0 Å². The van der Waals surface area contributed by atoms with Gasteiger partial charge in [0.2, 0.25) is 0 Å². The molecule has 1 saturated heterocycles. The minimum absolute atomic E-state index is 0.00694. The first-order valence-electron chi connectivity index (χ1n) is 3.71. The predicted octanol–water partition coefficient (Wildman–Crippen LogP) is 2.03. The molecular formula is C7H15F2N. The van der Waals surface area contributed by atoms with E-state index in [9.17, 15) is 8.78 Å². The van der Waals surface area contributed by atoms with Crippen LogP contribution in [-0.2, 0) is 0 Å². The summed E-state index contributed by atoms with van der Waals surface area (Å²) in [4.78, 5) is 0. The van der Waals surface area contributed by atoms with Gasteiger partial charge in [-0.25, -0.2) is 8.78 Å². The molecule has 0 aromatic heterocycles. The quantitative estimate of drug-likeness (QED) is 0.558. The van der Waals surface area contributed by atoms with Crippen molar-refractivity contribution in [2.75, 3.05) is 6.54 Å². The van der Waals surface area contributed by atoms with Crippen molar-refractivity contribution in [1.82, 2.24) is 5.32 Å². The number of nitrogens with one attached hydrogen (secondary N) is 1. The van der Waals surface area contributed by atoms with E-state index in [-0.39, 0.29) is 19.0 Å². The fourth-order valence-corrected chi connectivity index (χ4v) is 0.916. The van der Waals surface area contributed by atoms with Crippen LogP contribution in [0.1, 0.15) is 27.2 Å². The molecule has 1 N–H and O–H groups in total. The minimum atomic E-state index is -2.45. The van der Waals surface area contributed by atoms with Gasteiger partial charge >= 0.3 is 0 Å². The molecule has 0 aromatic rings. The van der Waals surface area contributed by atoms with Crippen molar-refractivity contribution in [2.45, 2.75) is 39.2 Å². The fraction of sp³-hybridized carbons (Fsp3) is 1.00. The summed E-state index contributed by atoms with van der Waals surface area (Å²) in [5.74, 6) is -2.45. The van der Waals surface area contributed by atoms with E-state index in [0.29, 0.717) is 0 Å². The monoisotopic (exact) mass is 151 g/mol. The number of halogens is 2. The molecule has 3 heteroatoms. The van der Waals surface area contributed by atoms with Crippen LogP contribution in [0.4, 0.5) is 8.78 Å². The zero-order valence-electron chi connectivity index (χ0n) is 6.75. The Kier molecular flexibility index (Phi) is 3.79. The van der Waals surface area contributed by atoms with Gasteiger partial charge in [0.25, 0.3) is 5.92 Å². The van der Waals surface area contributed by atoms with E-state index < -0.39 is 5.92 Å². The van der Waals surface area contributed by atoms with E-state index >= 15 is 0 Å². The van der Waals surface area contributed by atoms with Crippen molar-refractivity contribution in [3.05, 3.63) is 0 Å². The molecule has 1 nitrogen and oxygen atoms in total. The van der Waals surface area contributed by atoms with Crippen molar-refractivity contribution in [2.24, 2.45) is 0 Å². The average molecular weight is 151 g/mol. The van der Waals surface area contributed by atoms with Crippen LogP contribution in [-0.4, -0.2) is 18.5 Å². The molecule has 0 radical (unpaired) electrons. The molecule has 1 unspecified atom stereocenters. The van der Waals surface area contributed by atoms with Gasteiger partial charge in [0.05, 0.1) is 6.54 Å². The molecule has 10 heavy (non-hydrogen) atoms. The Balaban J connectivity index is 0.000000371. The van der Waals surface area contributed by atoms with Crippen molar-refractivity contribution < 1.29 is 8.78 Å². The van der Waals surface area contributed by atoms with Gasteiger partial charge in [-0.1, -0.05) is 13.8 Å². The summed E-state index contributed by atoms with van der Waals surface area (Å²) in [6, 6.07) is -0.00926. The first kappa shape index (κ1) is 9.82. The average Bonchev–Trinajstić information content (AvgIpc) is 2.15. The lowest BCUT2D eigenvalue weighted by Gasteiger charge is -2.03. The predicted molar refractivity (Wildman–Crippen MR) is 38.4 cm³/mol. The molecule has 0 saturated carbocycles. The van der Waals surface area contributed by atoms with Crippen LogP contribution in [0.5, 0.6) is 0 Å². The van der Waals surface area contributed by atoms with Crippen molar-refractivity contribution in [1.29, 1.82) is 0 Å². The maximum Gasteiger partial charge on any atom is 0.261 e. The maximum atomic E-state index is 12.1. The van der Waals surface area contributed by atoms with Crippen molar-refractivity contribution in [3.63, 3.8) is 0 Å². The summed E-state index contributed by atoms with van der Waals surface area (Å²) in [5, 5.41) is 2.66. The lowest BCUT2D eigenvalue weighted by molar-refractivity contribution is 0.0216. The highest BCUT2D eigenvalue weighted by Crippen LogP contribution is 2.24. The molecule has 0 spiro atoms. The van der Waals surface area contributed by atoms with Crippen LogP contribution in [0.25, 0.3) is 0 Å². The van der Waals surface area contributed by atoms with Crippen LogP contribution in [0.3, 0.4) is 0 Å². The molecule has 0 aromatic carbocycles. The first-order valence-corrected chi connectivity index (χ1v) is 3.71. The lowest BCUT2D eigenvalue weighted by Crippen LogP contribution is -2.20. The zero-order chi connectivity index (χ0) is 8.20. The summed E-state index contributed by atoms with van der Waals surface area (Å²) in [6.07, 6.45) is -0.00694. The Labute approximate surface area is 60.8 Å². The Morgan fingerprint density at radius 3 is 2.00 bits per heavy atom. The second kappa shape index (κ2) is 3.86. The Morgan fingerprint density at radius 2 is 1.90 bits per heavy atom. The molecule has 0 bridgehead atoms. The molecular weight excluding hydrogens is 136 g/mol. The first-order chi connectivity index (χ1) is 4.60. The maximum absolute atomic E-state index is 12.1. The highest BCUT2D eigenvalue weighted by atomic mass is 19.3. The number of hydrogen-bond acceptors (Lipinski definition) is 1. The Morgan fingerprint density at radius 1 is 1.40 bits per heavy atom. The molecule has 1 atom stereocenters. The third kappa shape index (κ3) is 3.11. The van der Waals surface area contributed by atoms with Gasteiger partial charge in [0.1, 0.15) is 0 Å². The summed E-state index contributed by atoms with van der Waals surface area (Å²) in [6.45, 7) is 5.62. The van der Waals surface area contributed by atoms with Crippen LogP contribution >= 0.6 is 0 Å². The van der Waals surface area contributed by atoms with Crippen LogP contribution in [0, 0.1) is 0 Å². The fourth-order valence-electron chi connectivity index (χ4n) is 0.916. The molecule has 0 aliphatic carbocycles. The van der Waals surface area contributed by atoms with E-state index in [2.05, 4.69) is 5.32 Å². The smallest absolute Gasteiger partial charge is 0.261 e. The van der Waals surface area contributed by atoms with Gasteiger partial charge in [0, 0.05) is 12.5 Å². The molecule has 1 rings (SSSR count). The van der Waals surface area contributed by atoms with Gasteiger partial charge in [-0.15, -0.1) is 0 Å². The van der Waals surface area contributed by atoms with Gasteiger partial charge < -0.3 is 5.32 Å². The SMILES string of the molecule is CC.CC1CC(F)(F)CN1. The van der Waals surface area contributed by atoms with E-state index in [0.717, 1.165) is 0 Å². The topological polar surface area (TPSA) is 12.0 Å². The van der Waals surface area contributed by atoms with Crippen LogP contribution in [0.15, 0.2) is 0 Å². The molecule has 1 fully saturated rings. The van der Waals surface area contributed by atoms with Crippen LogP contribution < -0.4 is 5.32 Å².